The maximum atomic E-state index is 12.1. The number of thiocarbonyl (C=S) groups is 1. The topological polar surface area (TPSA) is 64.7 Å². The molecule has 0 aromatic heterocycles. The average Bonchev–Trinajstić information content (AvgIpc) is 2.78. The highest BCUT2D eigenvalue weighted by Crippen LogP contribution is 2.20. The summed E-state index contributed by atoms with van der Waals surface area (Å²) in [5.41, 5.74) is 2.85. The van der Waals surface area contributed by atoms with E-state index in [2.05, 4.69) is 15.5 Å². The van der Waals surface area contributed by atoms with Crippen molar-refractivity contribution >= 4 is 46.6 Å². The minimum atomic E-state index is -0.285. The molecule has 31 heavy (non-hydrogen) atoms. The summed E-state index contributed by atoms with van der Waals surface area (Å²) in [7, 11) is 0. The lowest BCUT2D eigenvalue weighted by atomic mass is 10.1. The smallest absolute Gasteiger partial charge is 0.250 e. The predicted octanol–water partition coefficient (Wildman–Crippen LogP) is 3.52. The molecular weight excluding hydrogens is 408 g/mol. The molecule has 0 radical (unpaired) electrons. The lowest BCUT2D eigenvalue weighted by Crippen LogP contribution is -2.49. The third-order valence-corrected chi connectivity index (χ3v) is 5.24. The van der Waals surface area contributed by atoms with Gasteiger partial charge in [0.15, 0.2) is 5.11 Å². The monoisotopic (exact) mass is 436 g/mol. The van der Waals surface area contributed by atoms with E-state index in [9.17, 15) is 9.59 Å². The van der Waals surface area contributed by atoms with Gasteiger partial charge in [0.25, 0.3) is 0 Å². The molecule has 0 bridgehead atoms. The van der Waals surface area contributed by atoms with Gasteiger partial charge in [-0.3, -0.25) is 14.9 Å². The highest BCUT2D eigenvalue weighted by Gasteiger charge is 2.22. The first kappa shape index (κ1) is 22.5. The van der Waals surface area contributed by atoms with Crippen LogP contribution in [0.2, 0.25) is 0 Å². The number of hydrogen-bond donors (Lipinski definition) is 2. The van der Waals surface area contributed by atoms with Gasteiger partial charge in [0.05, 0.1) is 0 Å². The number of amides is 2. The van der Waals surface area contributed by atoms with Gasteiger partial charge in [0, 0.05) is 49.5 Å². The number of benzene rings is 2. The Labute approximate surface area is 188 Å². The van der Waals surface area contributed by atoms with Gasteiger partial charge in [-0.05, 0) is 48.1 Å². The Balaban J connectivity index is 1.47. The Hall–Kier alpha value is -3.19. The largest absolute Gasteiger partial charge is 0.368 e. The molecule has 1 aliphatic rings. The Kier molecular flexibility index (Phi) is 7.78. The van der Waals surface area contributed by atoms with Crippen LogP contribution in [-0.2, 0) is 9.59 Å². The van der Waals surface area contributed by atoms with E-state index in [-0.39, 0.29) is 22.8 Å². The zero-order valence-corrected chi connectivity index (χ0v) is 18.7. The standard InChI is InChI=1S/C24H28N4O2S/c1-18(2)23(30)28-16-14-27(15-17-28)21-11-9-20(10-12-21)25-24(31)26-22(29)13-8-19-6-4-3-5-7-19/h3-13,18H,14-17H2,1-2H3,(H2,25,26,29,31). The van der Waals surface area contributed by atoms with Crippen LogP contribution in [0.15, 0.2) is 60.7 Å². The molecule has 6 nitrogen and oxygen atoms in total. The quantitative estimate of drug-likeness (QED) is 0.555. The molecule has 3 rings (SSSR count). The van der Waals surface area contributed by atoms with Crippen molar-refractivity contribution in [2.45, 2.75) is 13.8 Å². The molecule has 0 saturated carbocycles. The molecule has 2 aromatic rings. The lowest BCUT2D eigenvalue weighted by molar-refractivity contribution is -0.134. The summed E-state index contributed by atoms with van der Waals surface area (Å²) in [6.45, 7) is 6.98. The molecule has 7 heteroatoms. The predicted molar refractivity (Wildman–Crippen MR) is 130 cm³/mol. The Bertz CT molecular complexity index is 934. The number of carbonyl (C=O) groups is 2. The molecule has 1 fully saturated rings. The van der Waals surface area contributed by atoms with E-state index < -0.39 is 0 Å². The molecular formula is C24H28N4O2S. The van der Waals surface area contributed by atoms with Gasteiger partial charge in [-0.2, -0.15) is 0 Å². The van der Waals surface area contributed by atoms with Crippen LogP contribution in [0.3, 0.4) is 0 Å². The molecule has 1 aliphatic heterocycles. The summed E-state index contributed by atoms with van der Waals surface area (Å²) in [6.07, 6.45) is 3.19. The first-order valence-corrected chi connectivity index (χ1v) is 10.8. The van der Waals surface area contributed by atoms with Crippen molar-refractivity contribution in [1.82, 2.24) is 10.2 Å². The molecule has 0 unspecified atom stereocenters. The van der Waals surface area contributed by atoms with Crippen LogP contribution in [0.25, 0.3) is 6.08 Å². The number of rotatable bonds is 5. The summed E-state index contributed by atoms with van der Waals surface area (Å²) in [6, 6.07) is 17.5. The summed E-state index contributed by atoms with van der Waals surface area (Å²) in [5, 5.41) is 5.92. The van der Waals surface area contributed by atoms with Crippen LogP contribution in [0.1, 0.15) is 19.4 Å². The number of anilines is 2. The molecule has 1 heterocycles. The number of hydrogen-bond acceptors (Lipinski definition) is 4. The van der Waals surface area contributed by atoms with E-state index in [0.717, 1.165) is 43.1 Å². The highest BCUT2D eigenvalue weighted by molar-refractivity contribution is 7.80. The van der Waals surface area contributed by atoms with Crippen LogP contribution in [0, 0.1) is 5.92 Å². The second kappa shape index (κ2) is 10.7. The van der Waals surface area contributed by atoms with Gasteiger partial charge < -0.3 is 15.1 Å². The molecule has 2 N–H and O–H groups in total. The van der Waals surface area contributed by atoms with Crippen molar-refractivity contribution in [3.05, 3.63) is 66.2 Å². The maximum absolute atomic E-state index is 12.1. The van der Waals surface area contributed by atoms with Gasteiger partial charge >= 0.3 is 0 Å². The fourth-order valence-electron chi connectivity index (χ4n) is 3.36. The van der Waals surface area contributed by atoms with Gasteiger partial charge in [0.2, 0.25) is 11.8 Å². The minimum Gasteiger partial charge on any atom is -0.368 e. The van der Waals surface area contributed by atoms with Crippen molar-refractivity contribution in [2.24, 2.45) is 5.92 Å². The fourth-order valence-corrected chi connectivity index (χ4v) is 3.58. The fraction of sp³-hybridized carbons (Fsp3) is 0.292. The first-order valence-electron chi connectivity index (χ1n) is 10.4. The third-order valence-electron chi connectivity index (χ3n) is 5.04. The van der Waals surface area contributed by atoms with Crippen molar-refractivity contribution in [3.63, 3.8) is 0 Å². The van der Waals surface area contributed by atoms with Crippen molar-refractivity contribution in [3.8, 4) is 0 Å². The van der Waals surface area contributed by atoms with E-state index in [1.54, 1.807) is 6.08 Å². The second-order valence-corrected chi connectivity index (χ2v) is 8.11. The number of nitrogens with one attached hydrogen (secondary N) is 2. The Morgan fingerprint density at radius 3 is 2.23 bits per heavy atom. The maximum Gasteiger partial charge on any atom is 0.250 e. The number of nitrogens with zero attached hydrogens (tertiary/aromatic N) is 2. The van der Waals surface area contributed by atoms with Crippen molar-refractivity contribution < 1.29 is 9.59 Å². The van der Waals surface area contributed by atoms with Crippen LogP contribution in [0.4, 0.5) is 11.4 Å². The van der Waals surface area contributed by atoms with Crippen LogP contribution in [-0.4, -0.2) is 48.0 Å². The normalized spacial score (nSPS) is 14.0. The van der Waals surface area contributed by atoms with Gasteiger partial charge in [0.1, 0.15) is 0 Å². The van der Waals surface area contributed by atoms with E-state index in [4.69, 9.17) is 12.2 Å². The number of piperazine rings is 1. The Morgan fingerprint density at radius 2 is 1.61 bits per heavy atom. The zero-order valence-electron chi connectivity index (χ0n) is 17.9. The van der Waals surface area contributed by atoms with Crippen LogP contribution in [0.5, 0.6) is 0 Å². The SMILES string of the molecule is CC(C)C(=O)N1CCN(c2ccc(NC(=S)NC(=O)C=Cc3ccccc3)cc2)CC1. The van der Waals surface area contributed by atoms with Crippen LogP contribution < -0.4 is 15.5 Å². The zero-order chi connectivity index (χ0) is 22.2. The highest BCUT2D eigenvalue weighted by atomic mass is 32.1. The minimum absolute atomic E-state index is 0.0371. The molecule has 2 amide bonds. The van der Waals surface area contributed by atoms with Gasteiger partial charge in [-0.15, -0.1) is 0 Å². The summed E-state index contributed by atoms with van der Waals surface area (Å²) < 4.78 is 0. The Morgan fingerprint density at radius 1 is 0.968 bits per heavy atom. The number of carbonyl (C=O) groups excluding carboxylic acids is 2. The van der Waals surface area contributed by atoms with E-state index in [0.29, 0.717) is 0 Å². The van der Waals surface area contributed by atoms with Crippen molar-refractivity contribution in [2.75, 3.05) is 36.4 Å². The summed E-state index contributed by atoms with van der Waals surface area (Å²) in [5.74, 6) is -0.0322. The van der Waals surface area contributed by atoms with E-state index in [1.807, 2.05) is 73.3 Å². The second-order valence-electron chi connectivity index (χ2n) is 7.70. The first-order chi connectivity index (χ1) is 14.9. The van der Waals surface area contributed by atoms with Gasteiger partial charge in [-0.25, -0.2) is 0 Å². The van der Waals surface area contributed by atoms with Gasteiger partial charge in [-0.1, -0.05) is 44.2 Å². The molecule has 1 saturated heterocycles. The molecule has 2 aromatic carbocycles. The lowest BCUT2D eigenvalue weighted by Gasteiger charge is -2.37. The van der Waals surface area contributed by atoms with Crippen molar-refractivity contribution in [1.29, 1.82) is 0 Å². The van der Waals surface area contributed by atoms with E-state index >= 15 is 0 Å². The molecule has 0 spiro atoms. The third kappa shape index (κ3) is 6.65. The summed E-state index contributed by atoms with van der Waals surface area (Å²) >= 11 is 5.23. The van der Waals surface area contributed by atoms with E-state index in [1.165, 1.54) is 6.08 Å². The average molecular weight is 437 g/mol. The molecule has 162 valence electrons. The van der Waals surface area contributed by atoms with Crippen LogP contribution >= 0.6 is 12.2 Å². The molecule has 0 atom stereocenters. The molecule has 0 aliphatic carbocycles. The summed E-state index contributed by atoms with van der Waals surface area (Å²) in [4.78, 5) is 28.4.